The first kappa shape index (κ1) is 16.8. The Hall–Kier alpha value is -2.55. The lowest BCUT2D eigenvalue weighted by Gasteiger charge is -2.21. The van der Waals surface area contributed by atoms with Gasteiger partial charge in [-0.05, 0) is 60.9 Å². The first-order valence-corrected chi connectivity index (χ1v) is 7.88. The predicted octanol–water partition coefficient (Wildman–Crippen LogP) is 4.17. The van der Waals surface area contributed by atoms with Crippen LogP contribution in [0.2, 0.25) is 0 Å². The van der Waals surface area contributed by atoms with Crippen LogP contribution in [0.5, 0.6) is 5.75 Å². The third-order valence-electron chi connectivity index (χ3n) is 3.94. The minimum absolute atomic E-state index is 0.802. The third kappa shape index (κ3) is 4.01. The summed E-state index contributed by atoms with van der Waals surface area (Å²) in [4.78, 5) is 13.3. The van der Waals surface area contributed by atoms with Gasteiger partial charge in [0.05, 0.1) is 7.11 Å². The summed E-state index contributed by atoms with van der Waals surface area (Å²) in [5, 5.41) is 0. The molecule has 2 aromatic carbocycles. The van der Waals surface area contributed by atoms with Crippen molar-refractivity contribution in [3.8, 4) is 5.75 Å². The van der Waals surface area contributed by atoms with Gasteiger partial charge in [0, 0.05) is 18.8 Å². The second kappa shape index (κ2) is 8.18. The molecule has 0 radical (unpaired) electrons. The largest absolute Gasteiger partial charge is 0.497 e. The van der Waals surface area contributed by atoms with Gasteiger partial charge in [0.2, 0.25) is 0 Å². The number of ether oxygens (including phenoxy) is 1. The average molecular weight is 309 g/mol. The van der Waals surface area contributed by atoms with Crippen molar-refractivity contribution in [2.45, 2.75) is 13.8 Å². The second-order valence-corrected chi connectivity index (χ2v) is 5.16. The zero-order chi connectivity index (χ0) is 16.7. The minimum atomic E-state index is 0.802. The highest BCUT2D eigenvalue weighted by molar-refractivity contribution is 5.90. The van der Waals surface area contributed by atoms with Crippen molar-refractivity contribution in [2.24, 2.45) is 0 Å². The molecule has 3 nitrogen and oxygen atoms in total. The fraction of sp³-hybridized carbons (Fsp3) is 0.250. The summed E-state index contributed by atoms with van der Waals surface area (Å²) in [6.07, 6.45) is 2.44. The number of carbonyl (C=O) groups excluding carboxylic acids is 1. The standard InChI is InChI=1S/C20H23NO2/c1-4-21(5-2)18-10-6-16(7-11-18)20(14-15-22)17-8-12-19(23-3)13-9-17/h6-15H,4-5H2,1-3H3. The molecule has 0 amide bonds. The van der Waals surface area contributed by atoms with Crippen LogP contribution in [0.25, 0.3) is 5.57 Å². The zero-order valence-electron chi connectivity index (χ0n) is 14.0. The van der Waals surface area contributed by atoms with Crippen LogP contribution < -0.4 is 9.64 Å². The molecule has 0 N–H and O–H groups in total. The van der Waals surface area contributed by atoms with Crippen LogP contribution in [-0.2, 0) is 4.79 Å². The van der Waals surface area contributed by atoms with E-state index in [0.29, 0.717) is 0 Å². The van der Waals surface area contributed by atoms with Gasteiger partial charge in [-0.25, -0.2) is 0 Å². The Balaban J connectivity index is 2.34. The molecule has 0 atom stereocenters. The summed E-state index contributed by atoms with van der Waals surface area (Å²) < 4.78 is 5.19. The molecule has 0 saturated carbocycles. The molecule has 0 aliphatic carbocycles. The Bertz CT molecular complexity index is 653. The molecular formula is C20H23NO2. The zero-order valence-corrected chi connectivity index (χ0v) is 14.0. The number of hydrogen-bond donors (Lipinski definition) is 0. The van der Waals surface area contributed by atoms with Crippen LogP contribution in [0.3, 0.4) is 0 Å². The molecule has 2 rings (SSSR count). The maximum atomic E-state index is 11.0. The number of anilines is 1. The summed E-state index contributed by atoms with van der Waals surface area (Å²) >= 11 is 0. The summed E-state index contributed by atoms with van der Waals surface area (Å²) in [6.45, 7) is 6.25. The van der Waals surface area contributed by atoms with Crippen LogP contribution in [0, 0.1) is 0 Å². The van der Waals surface area contributed by atoms with Crippen molar-refractivity contribution < 1.29 is 9.53 Å². The first-order chi connectivity index (χ1) is 11.2. The van der Waals surface area contributed by atoms with Gasteiger partial charge >= 0.3 is 0 Å². The van der Waals surface area contributed by atoms with E-state index in [4.69, 9.17) is 4.74 Å². The van der Waals surface area contributed by atoms with E-state index in [9.17, 15) is 4.79 Å². The van der Waals surface area contributed by atoms with Gasteiger partial charge in [-0.15, -0.1) is 0 Å². The lowest BCUT2D eigenvalue weighted by molar-refractivity contribution is -0.104. The Labute approximate surface area is 138 Å². The molecule has 3 heteroatoms. The van der Waals surface area contributed by atoms with E-state index in [0.717, 1.165) is 41.8 Å². The Kier molecular flexibility index (Phi) is 5.98. The average Bonchev–Trinajstić information content (AvgIpc) is 2.62. The maximum Gasteiger partial charge on any atom is 0.143 e. The highest BCUT2D eigenvalue weighted by Gasteiger charge is 2.07. The molecule has 0 heterocycles. The van der Waals surface area contributed by atoms with Crippen molar-refractivity contribution in [3.05, 3.63) is 65.7 Å². The number of methoxy groups -OCH3 is 1. The van der Waals surface area contributed by atoms with Gasteiger partial charge < -0.3 is 9.64 Å². The number of allylic oxidation sites excluding steroid dienone is 1. The number of aldehydes is 1. The van der Waals surface area contributed by atoms with Gasteiger partial charge in [0.25, 0.3) is 0 Å². The van der Waals surface area contributed by atoms with Crippen molar-refractivity contribution in [1.29, 1.82) is 0 Å². The van der Waals surface area contributed by atoms with E-state index < -0.39 is 0 Å². The summed E-state index contributed by atoms with van der Waals surface area (Å²) in [5.41, 5.74) is 4.12. The van der Waals surface area contributed by atoms with Crippen LogP contribution in [-0.4, -0.2) is 26.5 Å². The normalized spacial score (nSPS) is 11.2. The number of carbonyl (C=O) groups is 1. The summed E-state index contributed by atoms with van der Waals surface area (Å²) in [6, 6.07) is 16.1. The van der Waals surface area contributed by atoms with Crippen molar-refractivity contribution in [3.63, 3.8) is 0 Å². The molecule has 0 unspecified atom stereocenters. The highest BCUT2D eigenvalue weighted by atomic mass is 16.5. The predicted molar refractivity (Wildman–Crippen MR) is 96.1 cm³/mol. The molecule has 0 aromatic heterocycles. The molecule has 0 aliphatic heterocycles. The molecule has 120 valence electrons. The molecule has 23 heavy (non-hydrogen) atoms. The van der Waals surface area contributed by atoms with Crippen molar-refractivity contribution in [2.75, 3.05) is 25.1 Å². The van der Waals surface area contributed by atoms with E-state index in [1.807, 2.05) is 24.3 Å². The smallest absolute Gasteiger partial charge is 0.143 e. The molecule has 0 aliphatic rings. The Morgan fingerprint density at radius 1 is 0.957 bits per heavy atom. The van der Waals surface area contributed by atoms with E-state index >= 15 is 0 Å². The fourth-order valence-corrected chi connectivity index (χ4v) is 2.64. The number of hydrogen-bond acceptors (Lipinski definition) is 3. The molecular weight excluding hydrogens is 286 g/mol. The molecule has 0 bridgehead atoms. The number of rotatable bonds is 7. The number of nitrogens with zero attached hydrogens (tertiary/aromatic N) is 1. The number of benzene rings is 2. The highest BCUT2D eigenvalue weighted by Crippen LogP contribution is 2.26. The maximum absolute atomic E-state index is 11.0. The van der Waals surface area contributed by atoms with Gasteiger partial charge in [-0.2, -0.15) is 0 Å². The van der Waals surface area contributed by atoms with E-state index in [1.165, 1.54) is 5.69 Å². The second-order valence-electron chi connectivity index (χ2n) is 5.16. The SMILES string of the molecule is CCN(CC)c1ccc(C(=CC=O)c2ccc(OC)cc2)cc1. The van der Waals surface area contributed by atoms with Crippen LogP contribution in [0.15, 0.2) is 54.6 Å². The molecule has 0 fully saturated rings. The molecule has 0 spiro atoms. The Morgan fingerprint density at radius 3 is 1.91 bits per heavy atom. The molecule has 0 saturated heterocycles. The third-order valence-corrected chi connectivity index (χ3v) is 3.94. The van der Waals surface area contributed by atoms with Gasteiger partial charge in [-0.1, -0.05) is 24.3 Å². The quantitative estimate of drug-likeness (QED) is 0.568. The lowest BCUT2D eigenvalue weighted by atomic mass is 9.97. The first-order valence-electron chi connectivity index (χ1n) is 7.88. The summed E-state index contributed by atoms with van der Waals surface area (Å²) in [7, 11) is 1.64. The van der Waals surface area contributed by atoms with Crippen molar-refractivity contribution >= 4 is 17.5 Å². The van der Waals surface area contributed by atoms with E-state index in [-0.39, 0.29) is 0 Å². The monoisotopic (exact) mass is 309 g/mol. The van der Waals surface area contributed by atoms with Crippen LogP contribution in [0.1, 0.15) is 25.0 Å². The lowest BCUT2D eigenvalue weighted by Crippen LogP contribution is -2.21. The molecule has 2 aromatic rings. The van der Waals surface area contributed by atoms with Gasteiger partial charge in [-0.3, -0.25) is 4.79 Å². The topological polar surface area (TPSA) is 29.5 Å². The van der Waals surface area contributed by atoms with Gasteiger partial charge in [0.1, 0.15) is 12.0 Å². The van der Waals surface area contributed by atoms with Crippen LogP contribution >= 0.6 is 0 Å². The van der Waals surface area contributed by atoms with Crippen LogP contribution in [0.4, 0.5) is 5.69 Å². The Morgan fingerprint density at radius 2 is 1.48 bits per heavy atom. The van der Waals surface area contributed by atoms with Gasteiger partial charge in [0.15, 0.2) is 0 Å². The minimum Gasteiger partial charge on any atom is -0.497 e. The summed E-state index contributed by atoms with van der Waals surface area (Å²) in [5.74, 6) is 0.802. The van der Waals surface area contributed by atoms with Crippen molar-refractivity contribution in [1.82, 2.24) is 0 Å². The van der Waals surface area contributed by atoms with E-state index in [1.54, 1.807) is 13.2 Å². The fourth-order valence-electron chi connectivity index (χ4n) is 2.64. The van der Waals surface area contributed by atoms with E-state index in [2.05, 4.69) is 43.0 Å².